The highest BCUT2D eigenvalue weighted by Crippen LogP contribution is 2.30. The van der Waals surface area contributed by atoms with Gasteiger partial charge in [0.15, 0.2) is 0 Å². The number of carbonyl (C=O) groups is 1. The van der Waals surface area contributed by atoms with E-state index in [-0.39, 0.29) is 11.3 Å². The normalized spacial score (nSPS) is 11.3. The molecule has 7 nitrogen and oxygen atoms in total. The molecular formula is C27H29F3N4O3. The SMILES string of the molecule is CCc1cc(NCCCN(C)C)c2cc(OC(F)(F)F)ccc2n1.O=C(O)c1cnc2ccccc2c1. The zero-order chi connectivity index (χ0) is 27.0. The average molecular weight is 515 g/mol. The van der Waals surface area contributed by atoms with Crippen molar-refractivity contribution >= 4 is 33.5 Å². The Kier molecular flexibility index (Phi) is 9.24. The van der Waals surface area contributed by atoms with Gasteiger partial charge in [-0.1, -0.05) is 25.1 Å². The van der Waals surface area contributed by atoms with E-state index in [2.05, 4.69) is 24.9 Å². The lowest BCUT2D eigenvalue weighted by Crippen LogP contribution is -2.17. The fraction of sp³-hybridized carbons (Fsp3) is 0.296. The van der Waals surface area contributed by atoms with Gasteiger partial charge < -0.3 is 20.1 Å². The smallest absolute Gasteiger partial charge is 0.478 e. The second-order valence-electron chi connectivity index (χ2n) is 8.55. The number of nitrogens with one attached hydrogen (secondary N) is 1. The maximum absolute atomic E-state index is 12.4. The number of hydrogen-bond donors (Lipinski definition) is 2. The van der Waals surface area contributed by atoms with Gasteiger partial charge >= 0.3 is 12.3 Å². The average Bonchev–Trinajstić information content (AvgIpc) is 2.85. The molecule has 196 valence electrons. The lowest BCUT2D eigenvalue weighted by atomic mass is 10.1. The standard InChI is InChI=1S/C17H22F3N3O.C10H7NO2/c1-4-12-10-16(21-8-5-9-23(2)3)14-11-13(24-17(18,19)20)6-7-15(14)22-12;12-10(13)8-5-7-3-1-2-4-9(7)11-6-8/h6-7,10-11H,4-5,8-9H2,1-3H3,(H,21,22);1-6H,(H,12,13). The third-order valence-electron chi connectivity index (χ3n) is 5.36. The first-order chi connectivity index (χ1) is 17.6. The molecule has 2 aromatic carbocycles. The van der Waals surface area contributed by atoms with Crippen molar-refractivity contribution in [2.75, 3.05) is 32.5 Å². The van der Waals surface area contributed by atoms with Crippen molar-refractivity contribution in [2.24, 2.45) is 0 Å². The van der Waals surface area contributed by atoms with E-state index in [1.807, 2.05) is 51.4 Å². The number of aromatic nitrogens is 2. The second-order valence-corrected chi connectivity index (χ2v) is 8.55. The van der Waals surface area contributed by atoms with Crippen molar-refractivity contribution < 1.29 is 27.8 Å². The maximum Gasteiger partial charge on any atom is 0.573 e. The fourth-order valence-electron chi connectivity index (χ4n) is 3.59. The zero-order valence-corrected chi connectivity index (χ0v) is 20.8. The van der Waals surface area contributed by atoms with Crippen LogP contribution < -0.4 is 10.1 Å². The van der Waals surface area contributed by atoms with Crippen LogP contribution in [0.25, 0.3) is 21.8 Å². The summed E-state index contributed by atoms with van der Waals surface area (Å²) < 4.78 is 41.3. The highest BCUT2D eigenvalue weighted by Gasteiger charge is 2.31. The van der Waals surface area contributed by atoms with Crippen molar-refractivity contribution in [2.45, 2.75) is 26.1 Å². The van der Waals surface area contributed by atoms with E-state index in [1.54, 1.807) is 12.1 Å². The van der Waals surface area contributed by atoms with Gasteiger partial charge in [-0.3, -0.25) is 9.97 Å². The molecule has 0 saturated carbocycles. The Hall–Kier alpha value is -3.92. The number of halogens is 3. The van der Waals surface area contributed by atoms with Gasteiger partial charge in [0.05, 0.1) is 16.6 Å². The number of anilines is 1. The first kappa shape index (κ1) is 27.7. The number of aryl methyl sites for hydroxylation is 1. The van der Waals surface area contributed by atoms with Gasteiger partial charge in [0.25, 0.3) is 0 Å². The molecule has 2 N–H and O–H groups in total. The third-order valence-corrected chi connectivity index (χ3v) is 5.36. The summed E-state index contributed by atoms with van der Waals surface area (Å²) in [6, 6.07) is 15.1. The molecule has 0 aliphatic rings. The van der Waals surface area contributed by atoms with E-state index in [0.29, 0.717) is 10.9 Å². The van der Waals surface area contributed by atoms with Crippen molar-refractivity contribution in [3.05, 3.63) is 72.1 Å². The number of pyridine rings is 2. The van der Waals surface area contributed by atoms with Crippen LogP contribution in [0.4, 0.5) is 18.9 Å². The van der Waals surface area contributed by atoms with Gasteiger partial charge in [-0.2, -0.15) is 0 Å². The van der Waals surface area contributed by atoms with Gasteiger partial charge in [0.1, 0.15) is 5.75 Å². The minimum Gasteiger partial charge on any atom is -0.478 e. The number of benzene rings is 2. The van der Waals surface area contributed by atoms with Crippen LogP contribution in [-0.2, 0) is 6.42 Å². The summed E-state index contributed by atoms with van der Waals surface area (Å²) in [5.74, 6) is -1.18. The van der Waals surface area contributed by atoms with E-state index in [0.717, 1.165) is 48.2 Å². The Morgan fingerprint density at radius 1 is 1.08 bits per heavy atom. The molecule has 0 amide bonds. The summed E-state index contributed by atoms with van der Waals surface area (Å²) in [7, 11) is 4.00. The Bertz CT molecular complexity index is 1360. The zero-order valence-electron chi connectivity index (χ0n) is 20.8. The Labute approximate surface area is 212 Å². The van der Waals surface area contributed by atoms with Crippen LogP contribution >= 0.6 is 0 Å². The van der Waals surface area contributed by atoms with E-state index in [4.69, 9.17) is 5.11 Å². The Morgan fingerprint density at radius 2 is 1.84 bits per heavy atom. The molecular weight excluding hydrogens is 485 g/mol. The number of carboxylic acid groups (broad SMARTS) is 1. The van der Waals surface area contributed by atoms with Gasteiger partial charge in [-0.05, 0) is 69.9 Å². The van der Waals surface area contributed by atoms with Crippen LogP contribution in [0.3, 0.4) is 0 Å². The number of para-hydroxylation sites is 1. The van der Waals surface area contributed by atoms with Crippen LogP contribution in [0.1, 0.15) is 29.4 Å². The number of hydrogen-bond acceptors (Lipinski definition) is 6. The number of carboxylic acids is 1. The summed E-state index contributed by atoms with van der Waals surface area (Å²) >= 11 is 0. The number of alkyl halides is 3. The van der Waals surface area contributed by atoms with E-state index in [1.165, 1.54) is 18.3 Å². The highest BCUT2D eigenvalue weighted by molar-refractivity contribution is 5.93. The monoisotopic (exact) mass is 514 g/mol. The molecule has 4 aromatic rings. The maximum atomic E-state index is 12.4. The largest absolute Gasteiger partial charge is 0.573 e. The molecule has 0 spiro atoms. The molecule has 0 bridgehead atoms. The summed E-state index contributed by atoms with van der Waals surface area (Å²) in [6.07, 6.45) is -1.66. The van der Waals surface area contributed by atoms with Crippen LogP contribution in [0.5, 0.6) is 5.75 Å². The molecule has 2 aromatic heterocycles. The van der Waals surface area contributed by atoms with Crippen molar-refractivity contribution in [1.82, 2.24) is 14.9 Å². The van der Waals surface area contributed by atoms with Gasteiger partial charge in [-0.25, -0.2) is 4.79 Å². The highest BCUT2D eigenvalue weighted by atomic mass is 19.4. The summed E-state index contributed by atoms with van der Waals surface area (Å²) in [6.45, 7) is 3.65. The molecule has 0 fully saturated rings. The first-order valence-electron chi connectivity index (χ1n) is 11.7. The predicted octanol–water partition coefficient (Wildman–Crippen LogP) is 5.99. The summed E-state index contributed by atoms with van der Waals surface area (Å²) in [5, 5.41) is 13.5. The Balaban J connectivity index is 0.000000244. The van der Waals surface area contributed by atoms with Gasteiger partial charge in [-0.15, -0.1) is 13.2 Å². The predicted molar refractivity (Wildman–Crippen MR) is 138 cm³/mol. The molecule has 0 aliphatic carbocycles. The second kappa shape index (κ2) is 12.4. The Morgan fingerprint density at radius 3 is 2.51 bits per heavy atom. The number of nitrogens with zero attached hydrogens (tertiary/aromatic N) is 3. The molecule has 37 heavy (non-hydrogen) atoms. The molecule has 4 rings (SSSR count). The van der Waals surface area contributed by atoms with E-state index >= 15 is 0 Å². The summed E-state index contributed by atoms with van der Waals surface area (Å²) in [4.78, 5) is 21.2. The topological polar surface area (TPSA) is 87.6 Å². The van der Waals surface area contributed by atoms with Gasteiger partial charge in [0.2, 0.25) is 0 Å². The van der Waals surface area contributed by atoms with Crippen molar-refractivity contribution in [3.8, 4) is 5.75 Å². The van der Waals surface area contributed by atoms with Crippen molar-refractivity contribution in [1.29, 1.82) is 0 Å². The van der Waals surface area contributed by atoms with Crippen LogP contribution in [0, 0.1) is 0 Å². The molecule has 2 heterocycles. The van der Waals surface area contributed by atoms with E-state index in [9.17, 15) is 18.0 Å². The number of fused-ring (bicyclic) bond motifs is 2. The van der Waals surface area contributed by atoms with Crippen LogP contribution in [0.2, 0.25) is 0 Å². The fourth-order valence-corrected chi connectivity index (χ4v) is 3.59. The molecule has 0 saturated heterocycles. The lowest BCUT2D eigenvalue weighted by molar-refractivity contribution is -0.274. The quantitative estimate of drug-likeness (QED) is 0.279. The molecule has 0 radical (unpaired) electrons. The van der Waals surface area contributed by atoms with Gasteiger partial charge in [0, 0.05) is 34.9 Å². The molecule has 0 unspecified atom stereocenters. The van der Waals surface area contributed by atoms with Crippen LogP contribution in [0.15, 0.2) is 60.8 Å². The minimum absolute atomic E-state index is 0.221. The third kappa shape index (κ3) is 8.32. The molecule has 0 aliphatic heterocycles. The van der Waals surface area contributed by atoms with Crippen LogP contribution in [-0.4, -0.2) is 59.5 Å². The van der Waals surface area contributed by atoms with E-state index < -0.39 is 12.3 Å². The number of ether oxygens (including phenoxy) is 1. The first-order valence-corrected chi connectivity index (χ1v) is 11.7. The summed E-state index contributed by atoms with van der Waals surface area (Å²) in [5.41, 5.74) is 3.36. The lowest BCUT2D eigenvalue weighted by Gasteiger charge is -2.15. The minimum atomic E-state index is -4.70. The number of rotatable bonds is 8. The molecule has 0 atom stereocenters. The number of aromatic carboxylic acids is 1. The van der Waals surface area contributed by atoms with Crippen molar-refractivity contribution in [3.63, 3.8) is 0 Å². The molecule has 10 heteroatoms.